The first-order valence-electron chi connectivity index (χ1n) is 7.66. The average Bonchev–Trinajstić information content (AvgIpc) is 2.56. The fourth-order valence-electron chi connectivity index (χ4n) is 2.37. The average molecular weight is 312 g/mol. The summed E-state index contributed by atoms with van der Waals surface area (Å²) in [5.74, 6) is -0.215. The summed E-state index contributed by atoms with van der Waals surface area (Å²) in [7, 11) is 0. The van der Waals surface area contributed by atoms with Crippen molar-refractivity contribution in [3.05, 3.63) is 69.8 Å². The van der Waals surface area contributed by atoms with Crippen molar-refractivity contribution in [1.29, 1.82) is 0 Å². The number of nitro groups is 1. The molecule has 0 aliphatic carbocycles. The first-order chi connectivity index (χ1) is 11.0. The van der Waals surface area contributed by atoms with Crippen LogP contribution in [-0.2, 0) is 0 Å². The summed E-state index contributed by atoms with van der Waals surface area (Å²) in [6.07, 6.45) is 1.83. The van der Waals surface area contributed by atoms with Gasteiger partial charge in [-0.25, -0.2) is 0 Å². The number of unbranched alkanes of at least 4 members (excludes halogenated alkanes) is 1. The predicted molar refractivity (Wildman–Crippen MR) is 90.9 cm³/mol. The monoisotopic (exact) mass is 312 g/mol. The fourth-order valence-corrected chi connectivity index (χ4v) is 2.37. The lowest BCUT2D eigenvalue weighted by atomic mass is 10.1. The van der Waals surface area contributed by atoms with Gasteiger partial charge in [0.15, 0.2) is 0 Å². The maximum absolute atomic E-state index is 12.8. The molecule has 0 bridgehead atoms. The largest absolute Gasteiger partial charge is 0.308 e. The normalized spacial score (nSPS) is 10.3. The van der Waals surface area contributed by atoms with Crippen molar-refractivity contribution in [3.63, 3.8) is 0 Å². The molecule has 0 fully saturated rings. The molecular formula is C18H20N2O3. The molecule has 2 rings (SSSR count). The molecule has 0 heterocycles. The smallest absolute Gasteiger partial charge is 0.273 e. The maximum Gasteiger partial charge on any atom is 0.273 e. The van der Waals surface area contributed by atoms with Gasteiger partial charge in [-0.15, -0.1) is 0 Å². The number of carbonyl (C=O) groups is 1. The molecule has 2 aromatic carbocycles. The van der Waals surface area contributed by atoms with Crippen LogP contribution in [-0.4, -0.2) is 17.4 Å². The number of anilines is 1. The third-order valence-corrected chi connectivity index (χ3v) is 3.70. The van der Waals surface area contributed by atoms with Gasteiger partial charge in [0.2, 0.25) is 0 Å². The van der Waals surface area contributed by atoms with Crippen molar-refractivity contribution in [3.8, 4) is 0 Å². The first-order valence-corrected chi connectivity index (χ1v) is 7.66. The molecule has 0 radical (unpaired) electrons. The second-order valence-corrected chi connectivity index (χ2v) is 5.40. The van der Waals surface area contributed by atoms with Crippen LogP contribution < -0.4 is 4.90 Å². The van der Waals surface area contributed by atoms with E-state index >= 15 is 0 Å². The van der Waals surface area contributed by atoms with E-state index in [0.717, 1.165) is 18.5 Å². The van der Waals surface area contributed by atoms with Crippen molar-refractivity contribution in [2.24, 2.45) is 0 Å². The van der Waals surface area contributed by atoms with Crippen molar-refractivity contribution in [2.75, 3.05) is 11.4 Å². The van der Waals surface area contributed by atoms with E-state index in [4.69, 9.17) is 0 Å². The van der Waals surface area contributed by atoms with Gasteiger partial charge in [0.25, 0.3) is 11.6 Å². The molecule has 0 aromatic heterocycles. The number of nitro benzene ring substituents is 1. The van der Waals surface area contributed by atoms with Crippen LogP contribution in [0.25, 0.3) is 0 Å². The molecule has 0 spiro atoms. The number of aryl methyl sites for hydroxylation is 1. The van der Waals surface area contributed by atoms with Crippen molar-refractivity contribution < 1.29 is 9.72 Å². The molecule has 0 aliphatic rings. The van der Waals surface area contributed by atoms with Gasteiger partial charge in [-0.1, -0.05) is 37.6 Å². The van der Waals surface area contributed by atoms with Crippen molar-refractivity contribution >= 4 is 17.3 Å². The van der Waals surface area contributed by atoms with Gasteiger partial charge in [0, 0.05) is 29.4 Å². The summed E-state index contributed by atoms with van der Waals surface area (Å²) in [5.41, 5.74) is 1.65. The number of para-hydroxylation sites is 1. The van der Waals surface area contributed by atoms with Gasteiger partial charge < -0.3 is 4.90 Å². The Balaban J connectivity index is 2.37. The Bertz CT molecular complexity index is 699. The number of benzene rings is 2. The minimum Gasteiger partial charge on any atom is -0.308 e. The highest BCUT2D eigenvalue weighted by molar-refractivity contribution is 6.06. The summed E-state index contributed by atoms with van der Waals surface area (Å²) in [4.78, 5) is 25.2. The van der Waals surface area contributed by atoms with Crippen molar-refractivity contribution in [1.82, 2.24) is 0 Å². The van der Waals surface area contributed by atoms with Gasteiger partial charge in [-0.2, -0.15) is 0 Å². The lowest BCUT2D eigenvalue weighted by molar-refractivity contribution is -0.385. The molecule has 0 saturated carbocycles. The topological polar surface area (TPSA) is 63.5 Å². The summed E-state index contributed by atoms with van der Waals surface area (Å²) >= 11 is 0. The van der Waals surface area contributed by atoms with E-state index in [1.807, 2.05) is 30.3 Å². The van der Waals surface area contributed by atoms with Crippen LogP contribution in [0.1, 0.15) is 35.7 Å². The number of carbonyl (C=O) groups excluding carboxylic acids is 1. The van der Waals surface area contributed by atoms with Crippen LogP contribution in [0.4, 0.5) is 11.4 Å². The number of hydrogen-bond donors (Lipinski definition) is 0. The standard InChI is InChI=1S/C18H20N2O3/c1-3-4-12-19(16-8-6-5-7-9-16)18(21)15-11-10-14(2)17(13-15)20(22)23/h5-11,13H,3-4,12H2,1-2H3. The molecule has 0 N–H and O–H groups in total. The van der Waals surface area contributed by atoms with E-state index in [2.05, 4.69) is 6.92 Å². The Morgan fingerprint density at radius 1 is 1.17 bits per heavy atom. The number of hydrogen-bond acceptors (Lipinski definition) is 3. The molecule has 1 amide bonds. The van der Waals surface area contributed by atoms with E-state index < -0.39 is 4.92 Å². The van der Waals surface area contributed by atoms with Crippen LogP contribution in [0.5, 0.6) is 0 Å². The van der Waals surface area contributed by atoms with Crippen molar-refractivity contribution in [2.45, 2.75) is 26.7 Å². The molecule has 0 unspecified atom stereocenters. The van der Waals surface area contributed by atoms with Gasteiger partial charge in [-0.3, -0.25) is 14.9 Å². The van der Waals surface area contributed by atoms with Gasteiger partial charge >= 0.3 is 0 Å². The zero-order valence-electron chi connectivity index (χ0n) is 13.4. The maximum atomic E-state index is 12.8. The lowest BCUT2D eigenvalue weighted by Crippen LogP contribution is -2.31. The highest BCUT2D eigenvalue weighted by Crippen LogP contribution is 2.23. The molecule has 0 aliphatic heterocycles. The van der Waals surface area contributed by atoms with Gasteiger partial charge in [0.1, 0.15) is 0 Å². The Hall–Kier alpha value is -2.69. The summed E-state index contributed by atoms with van der Waals surface area (Å²) in [5, 5.41) is 11.1. The van der Waals surface area contributed by atoms with Crippen LogP contribution >= 0.6 is 0 Å². The van der Waals surface area contributed by atoms with E-state index in [-0.39, 0.29) is 11.6 Å². The third-order valence-electron chi connectivity index (χ3n) is 3.70. The quantitative estimate of drug-likeness (QED) is 0.588. The molecule has 0 atom stereocenters. The van der Waals surface area contributed by atoms with E-state index in [1.54, 1.807) is 24.0 Å². The SMILES string of the molecule is CCCCN(C(=O)c1ccc(C)c([N+](=O)[O-])c1)c1ccccc1. The molecule has 5 nitrogen and oxygen atoms in total. The van der Waals surface area contributed by atoms with E-state index in [1.165, 1.54) is 6.07 Å². The Kier molecular flexibility index (Phi) is 5.46. The lowest BCUT2D eigenvalue weighted by Gasteiger charge is -2.23. The first kappa shape index (κ1) is 16.7. The molecular weight excluding hydrogens is 292 g/mol. The second kappa shape index (κ2) is 7.54. The second-order valence-electron chi connectivity index (χ2n) is 5.40. The van der Waals surface area contributed by atoms with E-state index in [0.29, 0.717) is 17.7 Å². The minimum atomic E-state index is -0.453. The van der Waals surface area contributed by atoms with Crippen LogP contribution in [0.2, 0.25) is 0 Å². The number of nitrogens with zero attached hydrogens (tertiary/aromatic N) is 2. The van der Waals surface area contributed by atoms with Crippen LogP contribution in [0, 0.1) is 17.0 Å². The van der Waals surface area contributed by atoms with Crippen LogP contribution in [0.3, 0.4) is 0 Å². The predicted octanol–water partition coefficient (Wildman–Crippen LogP) is 4.35. The zero-order valence-corrected chi connectivity index (χ0v) is 13.4. The minimum absolute atomic E-state index is 0.0284. The van der Waals surface area contributed by atoms with Crippen LogP contribution in [0.15, 0.2) is 48.5 Å². The Morgan fingerprint density at radius 3 is 2.48 bits per heavy atom. The van der Waals surface area contributed by atoms with Gasteiger partial charge in [-0.05, 0) is 31.5 Å². The highest BCUT2D eigenvalue weighted by atomic mass is 16.6. The highest BCUT2D eigenvalue weighted by Gasteiger charge is 2.20. The molecule has 2 aromatic rings. The molecule has 5 heteroatoms. The number of amides is 1. The summed E-state index contributed by atoms with van der Waals surface area (Å²) in [6, 6.07) is 14.0. The fraction of sp³-hybridized carbons (Fsp3) is 0.278. The number of rotatable bonds is 6. The molecule has 23 heavy (non-hydrogen) atoms. The van der Waals surface area contributed by atoms with E-state index in [9.17, 15) is 14.9 Å². The Labute approximate surface area is 135 Å². The zero-order chi connectivity index (χ0) is 16.8. The third kappa shape index (κ3) is 3.94. The van der Waals surface area contributed by atoms with Gasteiger partial charge in [0.05, 0.1) is 4.92 Å². The Morgan fingerprint density at radius 2 is 1.87 bits per heavy atom. The molecule has 120 valence electrons. The molecule has 0 saturated heterocycles. The summed E-state index contributed by atoms with van der Waals surface area (Å²) in [6.45, 7) is 4.31. The summed E-state index contributed by atoms with van der Waals surface area (Å²) < 4.78 is 0.